The second-order valence-corrected chi connectivity index (χ2v) is 7.68. The van der Waals surface area contributed by atoms with Gasteiger partial charge in [0, 0.05) is 45.0 Å². The van der Waals surface area contributed by atoms with Crippen LogP contribution in [0.15, 0.2) is 23.3 Å². The van der Waals surface area contributed by atoms with Gasteiger partial charge in [-0.3, -0.25) is 4.99 Å². The Hall–Kier alpha value is -1.53. The van der Waals surface area contributed by atoms with Gasteiger partial charge in [0.25, 0.3) is 0 Å². The third-order valence-corrected chi connectivity index (χ3v) is 5.44. The maximum absolute atomic E-state index is 6.28. The number of hydrogen-bond donors (Lipinski definition) is 2. The molecule has 0 spiro atoms. The summed E-state index contributed by atoms with van der Waals surface area (Å²) in [6.07, 6.45) is 9.39. The molecule has 27 heavy (non-hydrogen) atoms. The van der Waals surface area contributed by atoms with Crippen LogP contribution in [-0.2, 0) is 4.74 Å². The second kappa shape index (κ2) is 10.7. The molecule has 1 aliphatic carbocycles. The minimum Gasteiger partial charge on any atom is -0.378 e. The molecule has 1 atom stereocenters. The first kappa shape index (κ1) is 20.2. The minimum absolute atomic E-state index is 0.343. The lowest BCUT2D eigenvalue weighted by atomic mass is 10.3. The molecule has 0 amide bonds. The summed E-state index contributed by atoms with van der Waals surface area (Å²) in [5, 5.41) is 7.61. The molecule has 150 valence electrons. The number of nitrogens with zero attached hydrogens (tertiary/aromatic N) is 3. The largest absolute Gasteiger partial charge is 0.378 e. The van der Waals surface area contributed by atoms with E-state index in [1.807, 2.05) is 12.1 Å². The Morgan fingerprint density at radius 3 is 3.00 bits per heavy atom. The van der Waals surface area contributed by atoms with Crippen LogP contribution in [0.5, 0.6) is 0 Å². The maximum Gasteiger partial charge on any atom is 0.191 e. The molecule has 1 saturated heterocycles. The van der Waals surface area contributed by atoms with Crippen molar-refractivity contribution in [2.75, 3.05) is 37.7 Å². The highest BCUT2D eigenvalue weighted by atomic mass is 35.5. The average molecular weight is 394 g/mol. The van der Waals surface area contributed by atoms with Crippen molar-refractivity contribution in [1.29, 1.82) is 0 Å². The van der Waals surface area contributed by atoms with Gasteiger partial charge >= 0.3 is 0 Å². The van der Waals surface area contributed by atoms with Crippen LogP contribution in [0.2, 0.25) is 5.02 Å². The molecule has 2 fully saturated rings. The molecule has 2 heterocycles. The Bertz CT molecular complexity index is 606. The van der Waals surface area contributed by atoms with Crippen molar-refractivity contribution in [2.24, 2.45) is 4.99 Å². The van der Waals surface area contributed by atoms with Crippen molar-refractivity contribution in [1.82, 2.24) is 15.6 Å². The summed E-state index contributed by atoms with van der Waals surface area (Å²) in [7, 11) is 0. The van der Waals surface area contributed by atoms with Gasteiger partial charge in [-0.15, -0.1) is 0 Å². The molecule has 1 aromatic rings. The number of ether oxygens (including phenoxy) is 1. The molecular formula is C20H32ClN5O. The number of rotatable bonds is 8. The van der Waals surface area contributed by atoms with Gasteiger partial charge in [-0.2, -0.15) is 0 Å². The summed E-state index contributed by atoms with van der Waals surface area (Å²) < 4.78 is 5.92. The average Bonchev–Trinajstić information content (AvgIpc) is 3.34. The predicted octanol–water partition coefficient (Wildman–Crippen LogP) is 3.22. The van der Waals surface area contributed by atoms with E-state index in [2.05, 4.69) is 27.4 Å². The van der Waals surface area contributed by atoms with Crippen LogP contribution in [0.3, 0.4) is 0 Å². The van der Waals surface area contributed by atoms with Gasteiger partial charge in [-0.05, 0) is 44.7 Å². The number of anilines is 1. The zero-order valence-corrected chi connectivity index (χ0v) is 17.0. The fraction of sp³-hybridized carbons (Fsp3) is 0.700. The SMILES string of the molecule is CCNC(=NCCCOC1CCCC1)NC1CCN(c2ncccc2Cl)C1. The highest BCUT2D eigenvalue weighted by Crippen LogP contribution is 2.25. The van der Waals surface area contributed by atoms with E-state index in [4.69, 9.17) is 21.3 Å². The number of hydrogen-bond acceptors (Lipinski definition) is 4. The van der Waals surface area contributed by atoms with Crippen molar-refractivity contribution in [3.8, 4) is 0 Å². The Labute approximate surface area is 167 Å². The van der Waals surface area contributed by atoms with Crippen molar-refractivity contribution in [2.45, 2.75) is 57.6 Å². The molecule has 7 heteroatoms. The third kappa shape index (κ3) is 6.25. The van der Waals surface area contributed by atoms with E-state index < -0.39 is 0 Å². The second-order valence-electron chi connectivity index (χ2n) is 7.28. The van der Waals surface area contributed by atoms with Crippen molar-refractivity contribution < 1.29 is 4.74 Å². The Balaban J connectivity index is 1.42. The normalized spacial score (nSPS) is 21.0. The monoisotopic (exact) mass is 393 g/mol. The summed E-state index contributed by atoms with van der Waals surface area (Å²) in [5.74, 6) is 1.76. The molecule has 1 aromatic heterocycles. The van der Waals surface area contributed by atoms with Crippen LogP contribution < -0.4 is 15.5 Å². The summed E-state index contributed by atoms with van der Waals surface area (Å²) in [6, 6.07) is 4.10. The first-order chi connectivity index (χ1) is 13.3. The van der Waals surface area contributed by atoms with Gasteiger partial charge in [0.05, 0.1) is 11.1 Å². The van der Waals surface area contributed by atoms with E-state index in [9.17, 15) is 0 Å². The summed E-state index contributed by atoms with van der Waals surface area (Å²) in [4.78, 5) is 11.4. The van der Waals surface area contributed by atoms with Gasteiger partial charge in [0.2, 0.25) is 0 Å². The first-order valence-corrected chi connectivity index (χ1v) is 10.7. The first-order valence-electron chi connectivity index (χ1n) is 10.3. The topological polar surface area (TPSA) is 61.8 Å². The molecule has 2 aliphatic rings. The van der Waals surface area contributed by atoms with Gasteiger partial charge in [-0.25, -0.2) is 4.98 Å². The zero-order chi connectivity index (χ0) is 18.9. The molecule has 1 aliphatic heterocycles. The van der Waals surface area contributed by atoms with Gasteiger partial charge in [0.15, 0.2) is 5.96 Å². The summed E-state index contributed by atoms with van der Waals surface area (Å²) in [5.41, 5.74) is 0. The van der Waals surface area contributed by atoms with Crippen LogP contribution in [0.25, 0.3) is 0 Å². The van der Waals surface area contributed by atoms with Gasteiger partial charge in [0.1, 0.15) is 5.82 Å². The van der Waals surface area contributed by atoms with Crippen LogP contribution in [-0.4, -0.2) is 55.9 Å². The smallest absolute Gasteiger partial charge is 0.191 e. The lowest BCUT2D eigenvalue weighted by Gasteiger charge is -2.20. The summed E-state index contributed by atoms with van der Waals surface area (Å²) >= 11 is 6.28. The Morgan fingerprint density at radius 2 is 2.22 bits per heavy atom. The van der Waals surface area contributed by atoms with E-state index in [-0.39, 0.29) is 0 Å². The predicted molar refractivity (Wildman–Crippen MR) is 112 cm³/mol. The minimum atomic E-state index is 0.343. The quantitative estimate of drug-likeness (QED) is 0.403. The molecule has 1 saturated carbocycles. The summed E-state index contributed by atoms with van der Waals surface area (Å²) in [6.45, 7) is 6.37. The number of nitrogens with one attached hydrogen (secondary N) is 2. The third-order valence-electron chi connectivity index (χ3n) is 5.14. The molecule has 0 bridgehead atoms. The maximum atomic E-state index is 6.28. The lowest BCUT2D eigenvalue weighted by molar-refractivity contribution is 0.0579. The van der Waals surface area contributed by atoms with E-state index in [1.165, 1.54) is 25.7 Å². The number of guanidine groups is 1. The van der Waals surface area contributed by atoms with Crippen LogP contribution in [0, 0.1) is 0 Å². The molecule has 3 rings (SSSR count). The van der Waals surface area contributed by atoms with E-state index >= 15 is 0 Å². The van der Waals surface area contributed by atoms with Crippen molar-refractivity contribution in [3.63, 3.8) is 0 Å². The number of halogens is 1. The fourth-order valence-electron chi connectivity index (χ4n) is 3.75. The van der Waals surface area contributed by atoms with Crippen LogP contribution in [0.1, 0.15) is 45.4 Å². The number of aliphatic imine (C=N–C) groups is 1. The molecule has 0 radical (unpaired) electrons. The molecular weight excluding hydrogens is 362 g/mol. The number of aromatic nitrogens is 1. The molecule has 2 N–H and O–H groups in total. The number of pyridine rings is 1. The van der Waals surface area contributed by atoms with Gasteiger partial charge < -0.3 is 20.3 Å². The van der Waals surface area contributed by atoms with E-state index in [0.29, 0.717) is 17.2 Å². The van der Waals surface area contributed by atoms with Crippen LogP contribution in [0.4, 0.5) is 5.82 Å². The Morgan fingerprint density at radius 1 is 1.37 bits per heavy atom. The molecule has 6 nitrogen and oxygen atoms in total. The fourth-order valence-corrected chi connectivity index (χ4v) is 4.00. The Kier molecular flexibility index (Phi) is 8.02. The highest BCUT2D eigenvalue weighted by Gasteiger charge is 2.25. The zero-order valence-electron chi connectivity index (χ0n) is 16.3. The molecule has 0 aromatic carbocycles. The van der Waals surface area contributed by atoms with Gasteiger partial charge in [-0.1, -0.05) is 24.4 Å². The lowest BCUT2D eigenvalue weighted by Crippen LogP contribution is -2.44. The van der Waals surface area contributed by atoms with E-state index in [0.717, 1.165) is 57.4 Å². The standard InChI is InChI=1S/C20H32ClN5O/c1-2-22-20(24-12-6-14-27-17-7-3-4-8-17)25-16-10-13-26(15-16)19-18(21)9-5-11-23-19/h5,9,11,16-17H,2-4,6-8,10,12-15H2,1H3,(H2,22,24,25). The van der Waals surface area contributed by atoms with E-state index in [1.54, 1.807) is 6.20 Å². The highest BCUT2D eigenvalue weighted by molar-refractivity contribution is 6.32. The van der Waals surface area contributed by atoms with Crippen molar-refractivity contribution >= 4 is 23.4 Å². The molecule has 1 unspecified atom stereocenters. The van der Waals surface area contributed by atoms with Crippen LogP contribution >= 0.6 is 11.6 Å². The van der Waals surface area contributed by atoms with Crippen molar-refractivity contribution in [3.05, 3.63) is 23.4 Å².